The van der Waals surface area contributed by atoms with Crippen molar-refractivity contribution in [1.82, 2.24) is 4.98 Å². The van der Waals surface area contributed by atoms with Crippen LogP contribution in [0.4, 0.5) is 16.5 Å². The second kappa shape index (κ2) is 12.8. The maximum Gasteiger partial charge on any atom is 0.270 e. The number of non-ortho nitro benzene ring substituents is 1. The van der Waals surface area contributed by atoms with Gasteiger partial charge in [-0.3, -0.25) is 19.7 Å². The number of hydrogen-bond donors (Lipinski definition) is 2. The number of anilines is 2. The number of thiazole rings is 1. The number of benzene rings is 4. The van der Waals surface area contributed by atoms with Crippen molar-refractivity contribution in [1.29, 1.82) is 0 Å². The summed E-state index contributed by atoms with van der Waals surface area (Å²) in [5.74, 6) is -0.540. The molecule has 2 N–H and O–H groups in total. The van der Waals surface area contributed by atoms with Gasteiger partial charge < -0.3 is 10.6 Å². The lowest BCUT2D eigenvalue weighted by Gasteiger charge is -2.16. The summed E-state index contributed by atoms with van der Waals surface area (Å²) in [6, 6.07) is 29.5. The zero-order chi connectivity index (χ0) is 28.8. The van der Waals surface area contributed by atoms with E-state index in [0.29, 0.717) is 32.7 Å². The topological polar surface area (TPSA) is 114 Å². The largest absolute Gasteiger partial charge is 0.322 e. The molecule has 1 atom stereocenters. The van der Waals surface area contributed by atoms with Crippen LogP contribution in [0, 0.1) is 10.1 Å². The minimum Gasteiger partial charge on any atom is -0.322 e. The van der Waals surface area contributed by atoms with E-state index in [2.05, 4.69) is 15.6 Å². The lowest BCUT2D eigenvalue weighted by atomic mass is 10.1. The molecule has 5 rings (SSSR count). The van der Waals surface area contributed by atoms with Crippen molar-refractivity contribution in [3.8, 4) is 11.3 Å². The highest BCUT2D eigenvalue weighted by Crippen LogP contribution is 2.37. The first-order valence-corrected chi connectivity index (χ1v) is 14.4. The van der Waals surface area contributed by atoms with Crippen LogP contribution in [0.1, 0.15) is 21.2 Å². The molecule has 41 heavy (non-hydrogen) atoms. The van der Waals surface area contributed by atoms with Crippen molar-refractivity contribution in [2.45, 2.75) is 10.1 Å². The number of nitro benzene ring substituents is 1. The molecule has 204 valence electrons. The van der Waals surface area contributed by atoms with Crippen LogP contribution in [0.15, 0.2) is 113 Å². The smallest absolute Gasteiger partial charge is 0.270 e. The molecule has 2 amide bonds. The van der Waals surface area contributed by atoms with Crippen molar-refractivity contribution in [2.24, 2.45) is 0 Å². The van der Waals surface area contributed by atoms with Crippen LogP contribution in [-0.4, -0.2) is 21.7 Å². The van der Waals surface area contributed by atoms with Gasteiger partial charge in [0.15, 0.2) is 5.13 Å². The van der Waals surface area contributed by atoms with Gasteiger partial charge in [-0.05, 0) is 48.0 Å². The molecule has 0 aliphatic rings. The lowest BCUT2D eigenvalue weighted by Crippen LogP contribution is -2.19. The number of nitrogens with zero attached hydrogens (tertiary/aromatic N) is 2. The van der Waals surface area contributed by atoms with Gasteiger partial charge in [0.05, 0.1) is 10.6 Å². The molecular formula is C30H21ClN4O4S2. The summed E-state index contributed by atoms with van der Waals surface area (Å²) >= 11 is 8.60. The fourth-order valence-electron chi connectivity index (χ4n) is 3.90. The highest BCUT2D eigenvalue weighted by Gasteiger charge is 2.23. The average molecular weight is 601 g/mol. The van der Waals surface area contributed by atoms with Gasteiger partial charge in [-0.15, -0.1) is 23.1 Å². The van der Waals surface area contributed by atoms with Crippen LogP contribution in [0.2, 0.25) is 5.02 Å². The number of hydrogen-bond acceptors (Lipinski definition) is 7. The molecule has 1 heterocycles. The summed E-state index contributed by atoms with van der Waals surface area (Å²) in [5, 5.41) is 18.9. The number of carbonyl (C=O) groups is 2. The summed E-state index contributed by atoms with van der Waals surface area (Å²) in [6.45, 7) is 0. The monoisotopic (exact) mass is 600 g/mol. The van der Waals surface area contributed by atoms with Gasteiger partial charge in [0, 0.05) is 44.2 Å². The van der Waals surface area contributed by atoms with E-state index in [9.17, 15) is 19.7 Å². The number of nitro groups is 1. The third-order valence-corrected chi connectivity index (χ3v) is 8.14. The fourth-order valence-corrected chi connectivity index (χ4v) is 5.84. The molecule has 0 saturated heterocycles. The maximum absolute atomic E-state index is 13.5. The zero-order valence-corrected chi connectivity index (χ0v) is 23.6. The first kappa shape index (κ1) is 28.0. The van der Waals surface area contributed by atoms with E-state index in [0.717, 1.165) is 10.5 Å². The van der Waals surface area contributed by atoms with E-state index in [1.807, 2.05) is 42.5 Å². The van der Waals surface area contributed by atoms with Gasteiger partial charge in [-0.25, -0.2) is 4.98 Å². The quantitative estimate of drug-likeness (QED) is 0.100. The summed E-state index contributed by atoms with van der Waals surface area (Å²) in [4.78, 5) is 42.0. The predicted molar refractivity (Wildman–Crippen MR) is 164 cm³/mol. The standard InChI is InChI=1S/C30H21ClN4O4S2/c31-22-10-4-9-21(16-22)28(36)32-23-12-14-25(15-13-23)41-27(19-6-2-1-3-7-19)29(37)34-30-33-26(18-40-30)20-8-5-11-24(17-20)35(38)39/h1-18,27H,(H,32,36)(H,33,34,37). The SMILES string of the molecule is O=C(Nc1ccc(SC(C(=O)Nc2nc(-c3cccc([N+](=O)[O-])c3)cs2)c2ccccc2)cc1)c1cccc(Cl)c1. The number of carbonyl (C=O) groups excluding carboxylic acids is 2. The van der Waals surface area contributed by atoms with Crippen LogP contribution in [-0.2, 0) is 4.79 Å². The Balaban J connectivity index is 1.30. The molecule has 0 fully saturated rings. The molecule has 8 nitrogen and oxygen atoms in total. The number of rotatable bonds is 9. The third kappa shape index (κ3) is 7.17. The molecule has 0 aliphatic heterocycles. The van der Waals surface area contributed by atoms with Crippen molar-refractivity contribution in [2.75, 3.05) is 10.6 Å². The summed E-state index contributed by atoms with van der Waals surface area (Å²) in [7, 11) is 0. The summed E-state index contributed by atoms with van der Waals surface area (Å²) in [6.07, 6.45) is 0. The van der Waals surface area contributed by atoms with Gasteiger partial charge in [0.1, 0.15) is 5.25 Å². The van der Waals surface area contributed by atoms with Crippen LogP contribution in [0.5, 0.6) is 0 Å². The molecule has 1 unspecified atom stereocenters. The van der Waals surface area contributed by atoms with Gasteiger partial charge in [0.2, 0.25) is 5.91 Å². The second-order valence-corrected chi connectivity index (χ2v) is 11.2. The minimum atomic E-state index is -0.590. The molecule has 4 aromatic carbocycles. The van der Waals surface area contributed by atoms with Crippen LogP contribution >= 0.6 is 34.7 Å². The number of halogens is 1. The van der Waals surface area contributed by atoms with Gasteiger partial charge in [0.25, 0.3) is 11.6 Å². The van der Waals surface area contributed by atoms with E-state index in [1.165, 1.54) is 35.2 Å². The Morgan fingerprint density at radius 1 is 0.902 bits per heavy atom. The Bertz CT molecular complexity index is 1710. The van der Waals surface area contributed by atoms with Gasteiger partial charge in [-0.2, -0.15) is 0 Å². The first-order valence-electron chi connectivity index (χ1n) is 12.3. The van der Waals surface area contributed by atoms with E-state index in [1.54, 1.807) is 53.9 Å². The molecule has 1 aromatic heterocycles. The van der Waals surface area contributed by atoms with Crippen LogP contribution in [0.25, 0.3) is 11.3 Å². The Labute approximate surface area is 248 Å². The van der Waals surface area contributed by atoms with E-state index in [-0.39, 0.29) is 17.5 Å². The molecule has 11 heteroatoms. The molecule has 0 saturated carbocycles. The van der Waals surface area contributed by atoms with E-state index >= 15 is 0 Å². The van der Waals surface area contributed by atoms with E-state index in [4.69, 9.17) is 11.6 Å². The minimum absolute atomic E-state index is 0.0309. The summed E-state index contributed by atoms with van der Waals surface area (Å²) in [5.41, 5.74) is 2.96. The zero-order valence-electron chi connectivity index (χ0n) is 21.2. The Morgan fingerprint density at radius 3 is 2.39 bits per heavy atom. The molecule has 5 aromatic rings. The highest BCUT2D eigenvalue weighted by molar-refractivity contribution is 8.00. The predicted octanol–water partition coefficient (Wildman–Crippen LogP) is 8.10. The lowest BCUT2D eigenvalue weighted by molar-refractivity contribution is -0.384. The molecule has 0 radical (unpaired) electrons. The fraction of sp³-hybridized carbons (Fsp3) is 0.0333. The molecule has 0 spiro atoms. The molecule has 0 aliphatic carbocycles. The number of amides is 2. The van der Waals surface area contributed by atoms with Crippen LogP contribution in [0.3, 0.4) is 0 Å². The number of thioether (sulfide) groups is 1. The Kier molecular flexibility index (Phi) is 8.73. The first-order chi connectivity index (χ1) is 19.9. The second-order valence-electron chi connectivity index (χ2n) is 8.73. The van der Waals surface area contributed by atoms with Crippen molar-refractivity contribution < 1.29 is 14.5 Å². The third-order valence-electron chi connectivity index (χ3n) is 5.88. The summed E-state index contributed by atoms with van der Waals surface area (Å²) < 4.78 is 0. The Morgan fingerprint density at radius 2 is 1.66 bits per heavy atom. The average Bonchev–Trinajstić information content (AvgIpc) is 3.45. The van der Waals surface area contributed by atoms with Crippen LogP contribution < -0.4 is 10.6 Å². The van der Waals surface area contributed by atoms with Gasteiger partial charge in [-0.1, -0.05) is 60.1 Å². The molecular weight excluding hydrogens is 580 g/mol. The number of aromatic nitrogens is 1. The van der Waals surface area contributed by atoms with Gasteiger partial charge >= 0.3 is 0 Å². The van der Waals surface area contributed by atoms with Crippen molar-refractivity contribution in [3.05, 3.63) is 135 Å². The normalized spacial score (nSPS) is 11.4. The van der Waals surface area contributed by atoms with E-state index < -0.39 is 10.2 Å². The van der Waals surface area contributed by atoms with Crippen molar-refractivity contribution in [3.63, 3.8) is 0 Å². The molecule has 0 bridgehead atoms. The van der Waals surface area contributed by atoms with Crippen molar-refractivity contribution >= 4 is 63.0 Å². The maximum atomic E-state index is 13.5. The number of nitrogens with one attached hydrogen (secondary N) is 2. The Hall–Kier alpha value is -4.51. The highest BCUT2D eigenvalue weighted by atomic mass is 35.5.